The maximum atomic E-state index is 12.8. The fraction of sp³-hybridized carbons (Fsp3) is 0.400. The Kier molecular flexibility index (Phi) is 4.95. The summed E-state index contributed by atoms with van der Waals surface area (Å²) in [7, 11) is -1.80. The number of aryl methyl sites for hydroxylation is 3. The molecule has 3 aromatic rings. The maximum Gasteiger partial charge on any atom is 0.253 e. The summed E-state index contributed by atoms with van der Waals surface area (Å²) < 4.78 is 35.0. The molecule has 0 radical (unpaired) electrons. The molecule has 2 heterocycles. The summed E-state index contributed by atoms with van der Waals surface area (Å²) in [6.07, 6.45) is 3.74. The molecule has 29 heavy (non-hydrogen) atoms. The summed E-state index contributed by atoms with van der Waals surface area (Å²) in [5.74, 6) is 0.134. The van der Waals surface area contributed by atoms with Gasteiger partial charge in [-0.1, -0.05) is 23.4 Å². The minimum Gasteiger partial charge on any atom is -0.360 e. The Bertz CT molecular complexity index is 1160. The van der Waals surface area contributed by atoms with Crippen LogP contribution in [0.25, 0.3) is 10.9 Å². The van der Waals surface area contributed by atoms with Gasteiger partial charge in [-0.05, 0) is 39.2 Å². The summed E-state index contributed by atoms with van der Waals surface area (Å²) >= 11 is 0. The zero-order valence-electron chi connectivity index (χ0n) is 16.6. The molecule has 1 fully saturated rings. The molecule has 1 amide bonds. The fourth-order valence-corrected chi connectivity index (χ4v) is 5.75. The number of nitrogens with zero attached hydrogens (tertiary/aromatic N) is 2. The number of hydrogen-bond acceptors (Lipinski definition) is 5. The van der Waals surface area contributed by atoms with Crippen LogP contribution in [0, 0.1) is 13.8 Å². The highest BCUT2D eigenvalue weighted by Gasteiger charge is 2.32. The molecule has 2 aromatic heterocycles. The monoisotopic (exact) mass is 416 g/mol. The van der Waals surface area contributed by atoms with Crippen LogP contribution in [0.5, 0.6) is 0 Å². The van der Waals surface area contributed by atoms with Crippen LogP contribution in [0.15, 0.2) is 39.9 Å². The molecule has 8 nitrogen and oxygen atoms in total. The van der Waals surface area contributed by atoms with Gasteiger partial charge < -0.3 is 14.4 Å². The van der Waals surface area contributed by atoms with Crippen molar-refractivity contribution >= 4 is 26.8 Å². The van der Waals surface area contributed by atoms with Crippen molar-refractivity contribution in [2.75, 3.05) is 0 Å². The molecular formula is C20H24N4O4S. The van der Waals surface area contributed by atoms with E-state index in [-0.39, 0.29) is 28.6 Å². The van der Waals surface area contributed by atoms with Gasteiger partial charge in [-0.15, -0.1) is 0 Å². The zero-order chi connectivity index (χ0) is 20.8. The standard InChI is InChI=1S/C20H24N4O4S/c1-12-19(13(2)28-22-12)29(26,27)23-15-9-8-14(10-15)21-20(25)17-11-24(3)18-7-5-4-6-16(17)18/h4-7,11,14-15,23H,8-10H2,1-3H3,(H,21,25)/t14-,15+/m0/s1. The van der Waals surface area contributed by atoms with Crippen LogP contribution in [0.4, 0.5) is 0 Å². The molecule has 154 valence electrons. The van der Waals surface area contributed by atoms with Crippen molar-refractivity contribution in [3.63, 3.8) is 0 Å². The summed E-state index contributed by atoms with van der Waals surface area (Å²) in [6.45, 7) is 3.18. The first kappa shape index (κ1) is 19.7. The van der Waals surface area contributed by atoms with Crippen molar-refractivity contribution in [2.45, 2.75) is 50.1 Å². The van der Waals surface area contributed by atoms with Crippen molar-refractivity contribution in [1.29, 1.82) is 0 Å². The number of benzene rings is 1. The van der Waals surface area contributed by atoms with Gasteiger partial charge in [0.25, 0.3) is 5.91 Å². The Morgan fingerprint density at radius 2 is 1.93 bits per heavy atom. The SMILES string of the molecule is Cc1noc(C)c1S(=O)(=O)N[C@@H]1CC[C@H](NC(=O)c2cn(C)c3ccccc23)C1. The van der Waals surface area contributed by atoms with E-state index in [1.165, 1.54) is 0 Å². The molecule has 4 rings (SSSR count). The Labute approximate surface area is 169 Å². The van der Waals surface area contributed by atoms with Crippen LogP contribution < -0.4 is 10.0 Å². The lowest BCUT2D eigenvalue weighted by molar-refractivity contribution is 0.0939. The fourth-order valence-electron chi connectivity index (χ4n) is 4.14. The van der Waals surface area contributed by atoms with E-state index in [2.05, 4.69) is 15.2 Å². The molecule has 0 bridgehead atoms. The lowest BCUT2D eigenvalue weighted by Gasteiger charge is -2.15. The van der Waals surface area contributed by atoms with Gasteiger partial charge in [0.15, 0.2) is 5.76 Å². The normalized spacial score (nSPS) is 19.7. The Morgan fingerprint density at radius 3 is 2.66 bits per heavy atom. The average molecular weight is 417 g/mol. The number of rotatable bonds is 5. The summed E-state index contributed by atoms with van der Waals surface area (Å²) in [4.78, 5) is 12.9. The third kappa shape index (κ3) is 3.67. The molecular weight excluding hydrogens is 392 g/mol. The number of para-hydroxylation sites is 1. The van der Waals surface area contributed by atoms with E-state index >= 15 is 0 Å². The maximum absolute atomic E-state index is 12.8. The first-order valence-corrected chi connectivity index (χ1v) is 11.0. The van der Waals surface area contributed by atoms with E-state index in [1.54, 1.807) is 13.8 Å². The summed E-state index contributed by atoms with van der Waals surface area (Å²) in [5.41, 5.74) is 1.96. The first-order valence-electron chi connectivity index (χ1n) is 9.56. The number of aromatic nitrogens is 2. The first-order chi connectivity index (χ1) is 13.8. The molecule has 0 aliphatic heterocycles. The molecule has 9 heteroatoms. The van der Waals surface area contributed by atoms with Crippen LogP contribution in [0.2, 0.25) is 0 Å². The second-order valence-corrected chi connectivity index (χ2v) is 9.28. The van der Waals surface area contributed by atoms with Gasteiger partial charge in [0, 0.05) is 36.2 Å². The smallest absolute Gasteiger partial charge is 0.253 e. The molecule has 1 aromatic carbocycles. The van der Waals surface area contributed by atoms with Gasteiger partial charge in [0.05, 0.1) is 5.56 Å². The predicted molar refractivity (Wildman–Crippen MR) is 108 cm³/mol. The molecule has 1 aliphatic carbocycles. The van der Waals surface area contributed by atoms with Crippen LogP contribution in [0.1, 0.15) is 41.1 Å². The molecule has 1 saturated carbocycles. The molecule has 0 saturated heterocycles. The molecule has 0 unspecified atom stereocenters. The van der Waals surface area contributed by atoms with Crippen LogP contribution in [0.3, 0.4) is 0 Å². The second-order valence-electron chi connectivity index (χ2n) is 7.63. The van der Waals surface area contributed by atoms with Gasteiger partial charge in [0.2, 0.25) is 10.0 Å². The highest BCUT2D eigenvalue weighted by Crippen LogP contribution is 2.25. The van der Waals surface area contributed by atoms with Gasteiger partial charge in [-0.2, -0.15) is 0 Å². The quantitative estimate of drug-likeness (QED) is 0.664. The second kappa shape index (κ2) is 7.31. The Balaban J connectivity index is 1.43. The van der Waals surface area contributed by atoms with Gasteiger partial charge in [0.1, 0.15) is 10.6 Å². The number of fused-ring (bicyclic) bond motifs is 1. The van der Waals surface area contributed by atoms with E-state index < -0.39 is 10.0 Å². The average Bonchev–Trinajstić information content (AvgIpc) is 3.33. The topological polar surface area (TPSA) is 106 Å². The highest BCUT2D eigenvalue weighted by atomic mass is 32.2. The van der Waals surface area contributed by atoms with E-state index in [1.807, 2.05) is 42.1 Å². The van der Waals surface area contributed by atoms with E-state index in [9.17, 15) is 13.2 Å². The Hall–Kier alpha value is -2.65. The number of sulfonamides is 1. The van der Waals surface area contributed by atoms with Crippen molar-refractivity contribution in [2.24, 2.45) is 7.05 Å². The molecule has 2 N–H and O–H groups in total. The van der Waals surface area contributed by atoms with Crippen molar-refractivity contribution in [1.82, 2.24) is 19.8 Å². The summed E-state index contributed by atoms with van der Waals surface area (Å²) in [6, 6.07) is 7.43. The van der Waals surface area contributed by atoms with E-state index in [0.29, 0.717) is 30.5 Å². The Morgan fingerprint density at radius 1 is 1.21 bits per heavy atom. The van der Waals surface area contributed by atoms with Gasteiger partial charge in [-0.3, -0.25) is 4.79 Å². The largest absolute Gasteiger partial charge is 0.360 e. The van der Waals surface area contributed by atoms with Gasteiger partial charge in [-0.25, -0.2) is 13.1 Å². The number of carbonyl (C=O) groups is 1. The summed E-state index contributed by atoms with van der Waals surface area (Å²) in [5, 5.41) is 7.68. The zero-order valence-corrected chi connectivity index (χ0v) is 17.4. The van der Waals surface area contributed by atoms with Crippen molar-refractivity contribution < 1.29 is 17.7 Å². The van der Waals surface area contributed by atoms with Crippen LogP contribution >= 0.6 is 0 Å². The number of hydrogen-bond donors (Lipinski definition) is 2. The van der Waals surface area contributed by atoms with Crippen LogP contribution in [-0.2, 0) is 17.1 Å². The third-order valence-electron chi connectivity index (χ3n) is 5.47. The van der Waals surface area contributed by atoms with Crippen molar-refractivity contribution in [3.8, 4) is 0 Å². The number of carbonyl (C=O) groups excluding carboxylic acids is 1. The van der Waals surface area contributed by atoms with E-state index in [4.69, 9.17) is 4.52 Å². The highest BCUT2D eigenvalue weighted by molar-refractivity contribution is 7.89. The number of amides is 1. The van der Waals surface area contributed by atoms with Gasteiger partial charge >= 0.3 is 0 Å². The minimum absolute atomic E-state index is 0.0844. The minimum atomic E-state index is -3.71. The molecule has 2 atom stereocenters. The van der Waals surface area contributed by atoms with E-state index in [0.717, 1.165) is 10.9 Å². The number of nitrogens with one attached hydrogen (secondary N) is 2. The van der Waals surface area contributed by atoms with Crippen LogP contribution in [-0.4, -0.2) is 36.1 Å². The molecule has 0 spiro atoms. The predicted octanol–water partition coefficient (Wildman–Crippen LogP) is 2.41. The lowest BCUT2D eigenvalue weighted by atomic mass is 10.1. The third-order valence-corrected chi connectivity index (χ3v) is 7.23. The molecule has 1 aliphatic rings. The lowest BCUT2D eigenvalue weighted by Crippen LogP contribution is -2.37. The van der Waals surface area contributed by atoms with Crippen molar-refractivity contribution in [3.05, 3.63) is 47.5 Å².